The fraction of sp³-hybridized carbons (Fsp3) is 0.194. The van der Waals surface area contributed by atoms with Crippen LogP contribution < -0.4 is 0 Å². The van der Waals surface area contributed by atoms with E-state index in [1.165, 1.54) is 44.4 Å². The van der Waals surface area contributed by atoms with Crippen LogP contribution in [0.15, 0.2) is 84.9 Å². The zero-order valence-corrected chi connectivity index (χ0v) is 20.0. The zero-order valence-electron chi connectivity index (χ0n) is 20.0. The number of rotatable bonds is 2. The van der Waals surface area contributed by atoms with E-state index in [4.69, 9.17) is 4.98 Å². The molecule has 0 radical (unpaired) electrons. The lowest BCUT2D eigenvalue weighted by atomic mass is 9.79. The van der Waals surface area contributed by atoms with Crippen LogP contribution in [-0.4, -0.2) is 14.0 Å². The molecule has 3 nitrogen and oxygen atoms in total. The summed E-state index contributed by atoms with van der Waals surface area (Å²) in [7, 11) is 0. The lowest BCUT2D eigenvalue weighted by Gasteiger charge is -2.24. The van der Waals surface area contributed by atoms with Crippen molar-refractivity contribution in [3.63, 3.8) is 0 Å². The topological polar surface area (TPSA) is 22.2 Å². The van der Waals surface area contributed by atoms with Crippen molar-refractivity contribution in [2.24, 2.45) is 0 Å². The van der Waals surface area contributed by atoms with Gasteiger partial charge in [-0.15, -0.1) is 0 Å². The van der Waals surface area contributed by atoms with E-state index >= 15 is 0 Å². The first kappa shape index (κ1) is 19.6. The van der Waals surface area contributed by atoms with Crippen LogP contribution in [0.3, 0.4) is 0 Å². The van der Waals surface area contributed by atoms with Crippen molar-refractivity contribution in [2.45, 2.75) is 39.2 Å². The van der Waals surface area contributed by atoms with Crippen molar-refractivity contribution in [3.05, 3.63) is 96.1 Å². The number of fused-ring (bicyclic) bond motifs is 8. The van der Waals surface area contributed by atoms with Gasteiger partial charge in [0.2, 0.25) is 5.78 Å². The van der Waals surface area contributed by atoms with Crippen LogP contribution in [0.5, 0.6) is 0 Å². The van der Waals surface area contributed by atoms with Crippen molar-refractivity contribution in [1.82, 2.24) is 14.0 Å². The van der Waals surface area contributed by atoms with Gasteiger partial charge in [0.1, 0.15) is 0 Å². The lowest BCUT2D eigenvalue weighted by Crippen LogP contribution is -2.16. The fourth-order valence-electron chi connectivity index (χ4n) is 6.19. The van der Waals surface area contributed by atoms with Gasteiger partial charge >= 0.3 is 0 Å². The minimum absolute atomic E-state index is 0.0433. The molecule has 0 saturated carbocycles. The number of para-hydroxylation sites is 2. The molecular weight excluding hydrogens is 414 g/mol. The summed E-state index contributed by atoms with van der Waals surface area (Å²) in [5, 5.41) is 0. The molecule has 34 heavy (non-hydrogen) atoms. The highest BCUT2D eigenvalue weighted by Crippen LogP contribution is 2.52. The third-order valence-electron chi connectivity index (χ3n) is 7.64. The van der Waals surface area contributed by atoms with Gasteiger partial charge in [0.25, 0.3) is 0 Å². The number of hydrogen-bond acceptors (Lipinski definition) is 1. The van der Waals surface area contributed by atoms with Gasteiger partial charge in [0, 0.05) is 11.5 Å². The fourth-order valence-corrected chi connectivity index (χ4v) is 6.19. The van der Waals surface area contributed by atoms with Crippen LogP contribution in [0.4, 0.5) is 0 Å². The van der Waals surface area contributed by atoms with Crippen LogP contribution >= 0.6 is 0 Å². The summed E-state index contributed by atoms with van der Waals surface area (Å²) >= 11 is 0. The summed E-state index contributed by atoms with van der Waals surface area (Å²) in [5.74, 6) is 1.01. The first-order valence-corrected chi connectivity index (χ1v) is 12.1. The molecule has 166 valence electrons. The maximum Gasteiger partial charge on any atom is 0.216 e. The molecule has 0 atom stereocenters. The highest BCUT2D eigenvalue weighted by Gasteiger charge is 2.37. The Morgan fingerprint density at radius 3 is 2.29 bits per heavy atom. The third-order valence-corrected chi connectivity index (χ3v) is 7.64. The first-order valence-electron chi connectivity index (χ1n) is 12.1. The molecular formula is C31H27N3. The Balaban J connectivity index is 1.55. The summed E-state index contributed by atoms with van der Waals surface area (Å²) in [5.41, 5.74) is 12.7. The average Bonchev–Trinajstić information content (AvgIpc) is 3.44. The van der Waals surface area contributed by atoms with Gasteiger partial charge in [-0.2, -0.15) is 0 Å². The quantitative estimate of drug-likeness (QED) is 0.267. The maximum atomic E-state index is 5.01. The molecule has 0 unspecified atom stereocenters. The van der Waals surface area contributed by atoms with E-state index < -0.39 is 0 Å². The molecule has 0 saturated heterocycles. The molecule has 4 aromatic carbocycles. The minimum Gasteiger partial charge on any atom is -0.307 e. The number of nitrogens with zero attached hydrogens (tertiary/aromatic N) is 3. The van der Waals surface area contributed by atoms with E-state index in [1.807, 2.05) is 0 Å². The van der Waals surface area contributed by atoms with Gasteiger partial charge in [-0.05, 0) is 71.5 Å². The molecule has 0 N–H and O–H groups in total. The predicted molar refractivity (Wildman–Crippen MR) is 142 cm³/mol. The summed E-state index contributed by atoms with van der Waals surface area (Å²) in [6, 6.07) is 31.3. The molecule has 7 rings (SSSR count). The van der Waals surface area contributed by atoms with Gasteiger partial charge in [-0.1, -0.05) is 74.5 Å². The molecule has 0 spiro atoms. The standard InChI is InChI=1S/C31H27N3/c1-19(2)33-27-17-16-20(18-28(27)34-26-15-8-7-14-25(26)32-30(33)34)21-11-9-12-23-22-10-5-6-13-24(22)31(3,4)29(21)23/h5-19H,1-4H3. The van der Waals surface area contributed by atoms with Crippen molar-refractivity contribution in [2.75, 3.05) is 0 Å². The summed E-state index contributed by atoms with van der Waals surface area (Å²) in [6.07, 6.45) is 0. The molecule has 3 heteroatoms. The van der Waals surface area contributed by atoms with E-state index in [2.05, 4.69) is 122 Å². The smallest absolute Gasteiger partial charge is 0.216 e. The summed E-state index contributed by atoms with van der Waals surface area (Å²) < 4.78 is 4.69. The largest absolute Gasteiger partial charge is 0.307 e. The Morgan fingerprint density at radius 1 is 0.706 bits per heavy atom. The summed E-state index contributed by atoms with van der Waals surface area (Å²) in [6.45, 7) is 9.18. The van der Waals surface area contributed by atoms with Crippen molar-refractivity contribution in [3.8, 4) is 22.3 Å². The predicted octanol–water partition coefficient (Wildman–Crippen LogP) is 8.00. The van der Waals surface area contributed by atoms with Gasteiger partial charge < -0.3 is 4.57 Å². The second-order valence-electron chi connectivity index (χ2n) is 10.3. The van der Waals surface area contributed by atoms with Crippen LogP contribution in [0.1, 0.15) is 44.9 Å². The van der Waals surface area contributed by atoms with Gasteiger partial charge in [0.05, 0.1) is 22.1 Å². The molecule has 0 amide bonds. The van der Waals surface area contributed by atoms with Crippen molar-refractivity contribution < 1.29 is 0 Å². The van der Waals surface area contributed by atoms with E-state index in [-0.39, 0.29) is 5.41 Å². The van der Waals surface area contributed by atoms with Crippen LogP contribution in [0.2, 0.25) is 0 Å². The Bertz CT molecular complexity index is 1760. The molecule has 2 aromatic heterocycles. The molecule has 2 heterocycles. The van der Waals surface area contributed by atoms with E-state index in [9.17, 15) is 0 Å². The average molecular weight is 442 g/mol. The van der Waals surface area contributed by atoms with E-state index in [0.717, 1.165) is 16.8 Å². The Labute approximate surface area is 199 Å². The highest BCUT2D eigenvalue weighted by atomic mass is 15.2. The minimum atomic E-state index is -0.0433. The van der Waals surface area contributed by atoms with E-state index in [1.54, 1.807) is 0 Å². The molecule has 6 aromatic rings. The van der Waals surface area contributed by atoms with Crippen molar-refractivity contribution >= 4 is 27.8 Å². The van der Waals surface area contributed by atoms with Crippen LogP contribution in [-0.2, 0) is 5.41 Å². The molecule has 0 fully saturated rings. The lowest BCUT2D eigenvalue weighted by molar-refractivity contribution is 0.633. The Kier molecular flexibility index (Phi) is 3.81. The maximum absolute atomic E-state index is 5.01. The van der Waals surface area contributed by atoms with Gasteiger partial charge in [-0.25, -0.2) is 4.98 Å². The van der Waals surface area contributed by atoms with Crippen LogP contribution in [0, 0.1) is 0 Å². The molecule has 1 aliphatic carbocycles. The van der Waals surface area contributed by atoms with Gasteiger partial charge in [0.15, 0.2) is 0 Å². The van der Waals surface area contributed by atoms with Crippen LogP contribution in [0.25, 0.3) is 50.1 Å². The molecule has 0 bridgehead atoms. The normalized spacial score (nSPS) is 14.4. The number of aromatic nitrogens is 3. The third kappa shape index (κ3) is 2.39. The Morgan fingerprint density at radius 2 is 1.44 bits per heavy atom. The highest BCUT2D eigenvalue weighted by molar-refractivity contribution is 5.95. The summed E-state index contributed by atoms with van der Waals surface area (Å²) in [4.78, 5) is 5.01. The van der Waals surface area contributed by atoms with Crippen molar-refractivity contribution in [1.29, 1.82) is 0 Å². The van der Waals surface area contributed by atoms with E-state index in [0.29, 0.717) is 6.04 Å². The zero-order chi connectivity index (χ0) is 23.2. The number of imidazole rings is 2. The number of hydrogen-bond donors (Lipinski definition) is 0. The monoisotopic (exact) mass is 441 g/mol. The van der Waals surface area contributed by atoms with Gasteiger partial charge in [-0.3, -0.25) is 4.40 Å². The first-order chi connectivity index (χ1) is 16.5. The second kappa shape index (κ2) is 6.60. The Hall–Kier alpha value is -3.85. The number of benzene rings is 4. The molecule has 1 aliphatic rings. The second-order valence-corrected chi connectivity index (χ2v) is 10.3. The molecule has 0 aliphatic heterocycles. The SMILES string of the molecule is CC(C)n1c2ccc(-c3cccc4c3C(C)(C)c3ccccc3-4)cc2n2c3ccccc3nc12.